The van der Waals surface area contributed by atoms with E-state index in [1.165, 1.54) is 30.3 Å². The van der Waals surface area contributed by atoms with Crippen LogP contribution in [-0.2, 0) is 6.61 Å². The monoisotopic (exact) mass is 307 g/mol. The molecule has 0 amide bonds. The number of rotatable bonds is 5. The van der Waals surface area contributed by atoms with Crippen LogP contribution in [0.3, 0.4) is 0 Å². The van der Waals surface area contributed by atoms with Crippen molar-refractivity contribution in [1.82, 2.24) is 0 Å². The molecule has 0 spiro atoms. The molecule has 108 valence electrons. The number of nitro groups is 1. The molecule has 2 aromatic rings. The molecule has 2 rings (SSSR count). The molecule has 21 heavy (non-hydrogen) atoms. The summed E-state index contributed by atoms with van der Waals surface area (Å²) in [5.74, 6) is -0.955. The normalized spacial score (nSPS) is 10.1. The minimum Gasteiger partial charge on any atom is -0.482 e. The number of aromatic carboxylic acids is 1. The van der Waals surface area contributed by atoms with Gasteiger partial charge < -0.3 is 9.84 Å². The van der Waals surface area contributed by atoms with Gasteiger partial charge in [0.15, 0.2) is 5.75 Å². The summed E-state index contributed by atoms with van der Waals surface area (Å²) in [6.45, 7) is 0.00356. The van der Waals surface area contributed by atoms with Crippen LogP contribution in [0.5, 0.6) is 5.75 Å². The van der Waals surface area contributed by atoms with Gasteiger partial charge in [-0.05, 0) is 18.2 Å². The van der Waals surface area contributed by atoms with E-state index in [9.17, 15) is 14.9 Å². The molecule has 0 aliphatic carbocycles. The van der Waals surface area contributed by atoms with Gasteiger partial charge in [-0.3, -0.25) is 10.1 Å². The van der Waals surface area contributed by atoms with Gasteiger partial charge in [0.05, 0.1) is 10.5 Å². The van der Waals surface area contributed by atoms with E-state index in [0.717, 1.165) is 0 Å². The van der Waals surface area contributed by atoms with Crippen LogP contribution in [0.2, 0.25) is 5.02 Å². The van der Waals surface area contributed by atoms with Crippen LogP contribution >= 0.6 is 11.6 Å². The van der Waals surface area contributed by atoms with Crippen molar-refractivity contribution in [3.8, 4) is 5.75 Å². The lowest BCUT2D eigenvalue weighted by Gasteiger charge is -2.08. The number of hydrogen-bond donors (Lipinski definition) is 1. The van der Waals surface area contributed by atoms with Crippen molar-refractivity contribution < 1.29 is 19.6 Å². The zero-order valence-electron chi connectivity index (χ0n) is 10.7. The standard InChI is InChI=1S/C14H10ClNO5/c15-11-7-9(14(17)18)5-6-10(11)8-21-13-4-2-1-3-12(13)16(19)20/h1-7H,8H2,(H,17,18). The van der Waals surface area contributed by atoms with E-state index in [-0.39, 0.29) is 28.6 Å². The number of nitro benzene ring substituents is 1. The number of carboxylic acid groups (broad SMARTS) is 1. The summed E-state index contributed by atoms with van der Waals surface area (Å²) in [7, 11) is 0. The number of carbonyl (C=O) groups is 1. The third-order valence-corrected chi connectivity index (χ3v) is 3.10. The van der Waals surface area contributed by atoms with E-state index in [2.05, 4.69) is 0 Å². The fourth-order valence-electron chi connectivity index (χ4n) is 1.68. The lowest BCUT2D eigenvalue weighted by molar-refractivity contribution is -0.385. The summed E-state index contributed by atoms with van der Waals surface area (Å²) in [5, 5.41) is 19.9. The van der Waals surface area contributed by atoms with Crippen molar-refractivity contribution in [2.24, 2.45) is 0 Å². The van der Waals surface area contributed by atoms with Crippen LogP contribution in [0.15, 0.2) is 42.5 Å². The van der Waals surface area contributed by atoms with E-state index >= 15 is 0 Å². The van der Waals surface area contributed by atoms with E-state index in [4.69, 9.17) is 21.4 Å². The maximum absolute atomic E-state index is 10.9. The molecule has 0 aliphatic heterocycles. The molecule has 6 nitrogen and oxygen atoms in total. The Hall–Kier alpha value is -2.60. The topological polar surface area (TPSA) is 89.7 Å². The average molecular weight is 308 g/mol. The highest BCUT2D eigenvalue weighted by atomic mass is 35.5. The Morgan fingerprint density at radius 2 is 2.00 bits per heavy atom. The molecule has 0 aromatic heterocycles. The highest BCUT2D eigenvalue weighted by molar-refractivity contribution is 6.31. The first-order valence-corrected chi connectivity index (χ1v) is 6.25. The summed E-state index contributed by atoms with van der Waals surface area (Å²) < 4.78 is 5.39. The van der Waals surface area contributed by atoms with Gasteiger partial charge in [-0.1, -0.05) is 29.8 Å². The average Bonchev–Trinajstić information content (AvgIpc) is 2.46. The lowest BCUT2D eigenvalue weighted by Crippen LogP contribution is -2.01. The summed E-state index contributed by atoms with van der Waals surface area (Å²) >= 11 is 5.96. The van der Waals surface area contributed by atoms with Gasteiger partial charge in [0, 0.05) is 16.7 Å². The maximum Gasteiger partial charge on any atom is 0.335 e. The molecule has 2 aromatic carbocycles. The zero-order valence-corrected chi connectivity index (χ0v) is 11.4. The molecule has 0 fully saturated rings. The van der Waals surface area contributed by atoms with Crippen molar-refractivity contribution in [3.05, 3.63) is 68.7 Å². The van der Waals surface area contributed by atoms with Crippen molar-refractivity contribution in [2.45, 2.75) is 6.61 Å². The largest absolute Gasteiger partial charge is 0.482 e. The van der Waals surface area contributed by atoms with Crippen LogP contribution in [-0.4, -0.2) is 16.0 Å². The second-order valence-electron chi connectivity index (χ2n) is 4.12. The first-order valence-electron chi connectivity index (χ1n) is 5.87. The quantitative estimate of drug-likeness (QED) is 0.674. The Kier molecular flexibility index (Phi) is 4.39. The third-order valence-electron chi connectivity index (χ3n) is 2.75. The molecule has 0 saturated carbocycles. The molecular weight excluding hydrogens is 298 g/mol. The fourth-order valence-corrected chi connectivity index (χ4v) is 1.92. The highest BCUT2D eigenvalue weighted by Crippen LogP contribution is 2.27. The SMILES string of the molecule is O=C(O)c1ccc(COc2ccccc2[N+](=O)[O-])c(Cl)c1. The number of ether oxygens (including phenoxy) is 1. The molecule has 0 aliphatic rings. The Balaban J connectivity index is 2.17. The van der Waals surface area contributed by atoms with E-state index in [0.29, 0.717) is 5.56 Å². The molecule has 0 heterocycles. The van der Waals surface area contributed by atoms with Gasteiger partial charge in [-0.2, -0.15) is 0 Å². The molecule has 0 saturated heterocycles. The van der Waals surface area contributed by atoms with Gasteiger partial charge in [0.25, 0.3) is 0 Å². The number of halogens is 1. The number of benzene rings is 2. The highest BCUT2D eigenvalue weighted by Gasteiger charge is 2.14. The second kappa shape index (κ2) is 6.23. The van der Waals surface area contributed by atoms with Crippen molar-refractivity contribution >= 4 is 23.3 Å². The maximum atomic E-state index is 10.9. The van der Waals surface area contributed by atoms with Gasteiger partial charge in [0.2, 0.25) is 0 Å². The van der Waals surface area contributed by atoms with E-state index in [1.807, 2.05) is 0 Å². The smallest absolute Gasteiger partial charge is 0.335 e. The summed E-state index contributed by atoms with van der Waals surface area (Å²) in [4.78, 5) is 21.1. The molecule has 1 N–H and O–H groups in total. The van der Waals surface area contributed by atoms with Gasteiger partial charge in [0.1, 0.15) is 6.61 Å². The van der Waals surface area contributed by atoms with Crippen LogP contribution in [0.1, 0.15) is 15.9 Å². The van der Waals surface area contributed by atoms with Crippen LogP contribution in [0, 0.1) is 10.1 Å². The Morgan fingerprint density at radius 1 is 1.29 bits per heavy atom. The Bertz CT molecular complexity index is 702. The number of para-hydroxylation sites is 2. The van der Waals surface area contributed by atoms with Crippen LogP contribution in [0.4, 0.5) is 5.69 Å². The predicted molar refractivity (Wildman–Crippen MR) is 75.8 cm³/mol. The van der Waals surface area contributed by atoms with Crippen molar-refractivity contribution in [2.75, 3.05) is 0 Å². The zero-order chi connectivity index (χ0) is 15.4. The fraction of sp³-hybridized carbons (Fsp3) is 0.0714. The van der Waals surface area contributed by atoms with Crippen LogP contribution < -0.4 is 4.74 Å². The van der Waals surface area contributed by atoms with E-state index in [1.54, 1.807) is 12.1 Å². The molecule has 0 unspecified atom stereocenters. The Labute approximate surface area is 124 Å². The summed E-state index contributed by atoms with van der Waals surface area (Å²) in [5.41, 5.74) is 0.463. The van der Waals surface area contributed by atoms with Crippen molar-refractivity contribution in [3.63, 3.8) is 0 Å². The number of nitrogens with zero attached hydrogens (tertiary/aromatic N) is 1. The molecule has 0 atom stereocenters. The van der Waals surface area contributed by atoms with Gasteiger partial charge >= 0.3 is 11.7 Å². The minimum atomic E-state index is -1.08. The molecule has 0 radical (unpaired) electrons. The van der Waals surface area contributed by atoms with Crippen LogP contribution in [0.25, 0.3) is 0 Å². The van der Waals surface area contributed by atoms with E-state index < -0.39 is 10.9 Å². The Morgan fingerprint density at radius 3 is 2.62 bits per heavy atom. The number of hydrogen-bond acceptors (Lipinski definition) is 4. The number of carboxylic acids is 1. The first kappa shape index (κ1) is 14.8. The predicted octanol–water partition coefficient (Wildman–Crippen LogP) is 3.53. The molecule has 0 bridgehead atoms. The van der Waals surface area contributed by atoms with Crippen molar-refractivity contribution in [1.29, 1.82) is 0 Å². The van der Waals surface area contributed by atoms with Gasteiger partial charge in [-0.15, -0.1) is 0 Å². The first-order chi connectivity index (χ1) is 9.99. The molecule has 7 heteroatoms. The molecular formula is C14H10ClNO5. The summed E-state index contributed by atoms with van der Waals surface area (Å²) in [6, 6.07) is 10.2. The summed E-state index contributed by atoms with van der Waals surface area (Å²) in [6.07, 6.45) is 0. The minimum absolute atomic E-state index is 0.00356. The third kappa shape index (κ3) is 3.49. The second-order valence-corrected chi connectivity index (χ2v) is 4.53. The van der Waals surface area contributed by atoms with Gasteiger partial charge in [-0.25, -0.2) is 4.79 Å². The lowest BCUT2D eigenvalue weighted by atomic mass is 10.1.